The summed E-state index contributed by atoms with van der Waals surface area (Å²) in [6.45, 7) is 3.27. The SMILES string of the molecule is COC(=O)c1ccc(CCNC(=O)C[N+]23CCC(CC2)[C@H](N=C(N)NC(=O)c2nc(Cl)c(N)nc2N)C3)cc1.[Cl-]. The number of nitrogens with two attached hydrogens (primary N) is 3. The molecule has 0 unspecified atom stereocenters. The Morgan fingerprint density at radius 2 is 1.80 bits per heavy atom. The Morgan fingerprint density at radius 1 is 1.12 bits per heavy atom. The van der Waals surface area contributed by atoms with Gasteiger partial charge in [0, 0.05) is 19.4 Å². The fraction of sp³-hybridized carbons (Fsp3) is 0.440. The number of anilines is 2. The van der Waals surface area contributed by atoms with Gasteiger partial charge >= 0.3 is 5.97 Å². The number of benzene rings is 1. The Morgan fingerprint density at radius 3 is 2.45 bits per heavy atom. The van der Waals surface area contributed by atoms with Gasteiger partial charge in [-0.1, -0.05) is 23.7 Å². The highest BCUT2D eigenvalue weighted by Gasteiger charge is 2.47. The highest BCUT2D eigenvalue weighted by molar-refractivity contribution is 6.31. The molecule has 3 aliphatic heterocycles. The first-order valence-electron chi connectivity index (χ1n) is 12.6. The molecule has 216 valence electrons. The molecule has 2 aromatic rings. The first-order valence-corrected chi connectivity index (χ1v) is 13.0. The lowest BCUT2D eigenvalue weighted by Crippen LogP contribution is -3.00. The van der Waals surface area contributed by atoms with Crippen LogP contribution in [0.4, 0.5) is 11.6 Å². The fourth-order valence-corrected chi connectivity index (χ4v) is 5.37. The van der Waals surface area contributed by atoms with Crippen LogP contribution in [0.25, 0.3) is 0 Å². The number of ether oxygens (including phenoxy) is 1. The zero-order chi connectivity index (χ0) is 28.2. The van der Waals surface area contributed by atoms with E-state index in [0.29, 0.717) is 42.0 Å². The molecule has 3 fully saturated rings. The van der Waals surface area contributed by atoms with Crippen LogP contribution in [0, 0.1) is 5.92 Å². The van der Waals surface area contributed by atoms with Crippen LogP contribution in [-0.2, 0) is 16.0 Å². The highest BCUT2D eigenvalue weighted by atomic mass is 35.5. The van der Waals surface area contributed by atoms with Crippen LogP contribution >= 0.6 is 11.6 Å². The van der Waals surface area contributed by atoms with Gasteiger partial charge in [-0.05, 0) is 30.0 Å². The second-order valence-electron chi connectivity index (χ2n) is 9.92. The zero-order valence-corrected chi connectivity index (χ0v) is 23.5. The van der Waals surface area contributed by atoms with Crippen molar-refractivity contribution in [3.8, 4) is 0 Å². The van der Waals surface area contributed by atoms with E-state index < -0.39 is 5.91 Å². The van der Waals surface area contributed by atoms with Crippen LogP contribution in [0.2, 0.25) is 5.15 Å². The molecular weight excluding hydrogens is 561 g/mol. The molecular formula is C25H33Cl2N9O4. The van der Waals surface area contributed by atoms with Gasteiger partial charge in [0.1, 0.15) is 12.6 Å². The number of nitrogens with zero attached hydrogens (tertiary/aromatic N) is 4. The number of quaternary nitrogens is 1. The van der Waals surface area contributed by atoms with Crippen molar-refractivity contribution in [3.63, 3.8) is 0 Å². The van der Waals surface area contributed by atoms with Crippen LogP contribution in [0.1, 0.15) is 39.3 Å². The van der Waals surface area contributed by atoms with Crippen molar-refractivity contribution in [1.82, 2.24) is 20.6 Å². The predicted octanol–water partition coefficient (Wildman–Crippen LogP) is -2.90. The zero-order valence-electron chi connectivity index (χ0n) is 22.0. The lowest BCUT2D eigenvalue weighted by Gasteiger charge is -2.51. The number of rotatable bonds is 8. The van der Waals surface area contributed by atoms with Crippen molar-refractivity contribution in [2.45, 2.75) is 25.3 Å². The molecule has 1 aromatic carbocycles. The van der Waals surface area contributed by atoms with Gasteiger partial charge in [0.2, 0.25) is 0 Å². The molecule has 1 aromatic heterocycles. The quantitative estimate of drug-likeness (QED) is 0.0920. The average Bonchev–Trinajstić information content (AvgIpc) is 2.91. The number of hydrogen-bond acceptors (Lipinski definition) is 9. The van der Waals surface area contributed by atoms with E-state index in [2.05, 4.69) is 25.6 Å². The summed E-state index contributed by atoms with van der Waals surface area (Å²) in [4.78, 5) is 49.2. The summed E-state index contributed by atoms with van der Waals surface area (Å²) in [7, 11) is 1.34. The lowest BCUT2D eigenvalue weighted by molar-refractivity contribution is -0.936. The van der Waals surface area contributed by atoms with Gasteiger partial charge in [0.05, 0.1) is 25.8 Å². The molecule has 3 saturated heterocycles. The molecule has 13 nitrogen and oxygen atoms in total. The molecule has 5 rings (SSSR count). The number of hydrogen-bond donors (Lipinski definition) is 5. The van der Waals surface area contributed by atoms with Gasteiger partial charge in [-0.3, -0.25) is 14.9 Å². The average molecular weight is 595 g/mol. The third kappa shape index (κ3) is 7.29. The number of fused-ring (bicyclic) bond motifs is 3. The molecule has 2 bridgehead atoms. The molecule has 4 heterocycles. The van der Waals surface area contributed by atoms with Gasteiger partial charge in [-0.2, -0.15) is 0 Å². The number of halogens is 2. The molecule has 40 heavy (non-hydrogen) atoms. The number of carbonyl (C=O) groups excluding carboxylic acids is 3. The summed E-state index contributed by atoms with van der Waals surface area (Å²) in [6.07, 6.45) is 2.48. The normalized spacial score (nSPS) is 21.7. The maximum Gasteiger partial charge on any atom is 0.337 e. The Hall–Kier alpha value is -3.68. The fourth-order valence-electron chi connectivity index (χ4n) is 5.24. The number of nitrogens with one attached hydrogen (secondary N) is 2. The number of aliphatic imine (C=N–C) groups is 1. The van der Waals surface area contributed by atoms with E-state index in [4.69, 9.17) is 33.5 Å². The van der Waals surface area contributed by atoms with E-state index >= 15 is 0 Å². The summed E-state index contributed by atoms with van der Waals surface area (Å²) in [5.41, 5.74) is 18.7. The van der Waals surface area contributed by atoms with E-state index in [9.17, 15) is 14.4 Å². The number of nitrogen functional groups attached to an aromatic ring is 2. The van der Waals surface area contributed by atoms with Gasteiger partial charge in [0.25, 0.3) is 11.8 Å². The van der Waals surface area contributed by atoms with Crippen molar-refractivity contribution in [1.29, 1.82) is 0 Å². The summed E-state index contributed by atoms with van der Waals surface area (Å²) >= 11 is 5.86. The van der Waals surface area contributed by atoms with Gasteiger partial charge < -0.3 is 44.1 Å². The minimum atomic E-state index is -0.687. The first-order chi connectivity index (χ1) is 18.6. The topological polar surface area (TPSA) is 201 Å². The lowest BCUT2D eigenvalue weighted by atomic mass is 9.82. The van der Waals surface area contributed by atoms with E-state index in [0.717, 1.165) is 31.5 Å². The number of guanidine groups is 1. The van der Waals surface area contributed by atoms with Gasteiger partial charge in [-0.15, -0.1) is 0 Å². The molecule has 0 spiro atoms. The smallest absolute Gasteiger partial charge is 0.337 e. The van der Waals surface area contributed by atoms with E-state index in [1.54, 1.807) is 12.1 Å². The van der Waals surface area contributed by atoms with Crippen molar-refractivity contribution >= 4 is 47.0 Å². The molecule has 1 atom stereocenters. The van der Waals surface area contributed by atoms with Crippen molar-refractivity contribution in [3.05, 3.63) is 46.2 Å². The Bertz CT molecular complexity index is 1280. The van der Waals surface area contributed by atoms with Gasteiger partial charge in [0.15, 0.2) is 35.0 Å². The van der Waals surface area contributed by atoms with E-state index in [-0.39, 0.29) is 58.8 Å². The van der Waals surface area contributed by atoms with Crippen molar-refractivity contribution in [2.24, 2.45) is 16.6 Å². The monoisotopic (exact) mass is 593 g/mol. The number of amides is 2. The second kappa shape index (κ2) is 13.1. The third-order valence-corrected chi connectivity index (χ3v) is 7.60. The summed E-state index contributed by atoms with van der Waals surface area (Å²) in [6, 6.07) is 6.99. The number of piperidine rings is 3. The first kappa shape index (κ1) is 30.9. The number of esters is 1. The summed E-state index contributed by atoms with van der Waals surface area (Å²) < 4.78 is 5.33. The Labute approximate surface area is 242 Å². The number of carbonyl (C=O) groups is 3. The molecule has 0 saturated carbocycles. The van der Waals surface area contributed by atoms with Crippen molar-refractivity contribution in [2.75, 3.05) is 51.3 Å². The standard InChI is InChI=1S/C25H32ClN9O4.ClH/c1-39-24(38)16-4-2-14(3-5-16)6-9-30-18(36)13-35-10-7-15(8-11-35)17(12-35)31-25(29)34-23(37)19-21(27)33-22(28)20(26)32-19;/h2-5,15,17H,6-13H2,1H3,(H7-,27,28,29,30,31,33,34,36,37);1H/t15?,17-,35?;/m1./s1. The van der Waals surface area contributed by atoms with Crippen LogP contribution in [0.15, 0.2) is 29.3 Å². The maximum atomic E-state index is 12.8. The molecule has 0 radical (unpaired) electrons. The van der Waals surface area contributed by atoms with Crippen molar-refractivity contribution < 1.29 is 36.0 Å². The van der Waals surface area contributed by atoms with Gasteiger partial charge in [-0.25, -0.2) is 19.8 Å². The minimum Gasteiger partial charge on any atom is -1.00 e. The molecule has 8 N–H and O–H groups in total. The van der Waals surface area contributed by atoms with E-state index in [1.165, 1.54) is 7.11 Å². The molecule has 0 aliphatic carbocycles. The summed E-state index contributed by atoms with van der Waals surface area (Å²) in [5.74, 6) is -1.08. The van der Waals surface area contributed by atoms with Crippen LogP contribution in [0.5, 0.6) is 0 Å². The molecule has 3 aliphatic rings. The Kier molecular flexibility index (Phi) is 10.1. The molecule has 15 heteroatoms. The third-order valence-electron chi connectivity index (χ3n) is 7.32. The largest absolute Gasteiger partial charge is 1.00 e. The maximum absolute atomic E-state index is 12.8. The van der Waals surface area contributed by atoms with Crippen LogP contribution in [0.3, 0.4) is 0 Å². The number of aromatic nitrogens is 2. The number of methoxy groups -OCH3 is 1. The van der Waals surface area contributed by atoms with Crippen LogP contribution in [-0.4, -0.2) is 84.1 Å². The highest BCUT2D eigenvalue weighted by Crippen LogP contribution is 2.35. The predicted molar refractivity (Wildman–Crippen MR) is 146 cm³/mol. The second-order valence-corrected chi connectivity index (χ2v) is 10.3. The van der Waals surface area contributed by atoms with Crippen LogP contribution < -0.4 is 40.2 Å². The Balaban J connectivity index is 0.00000441. The molecule has 2 amide bonds. The summed E-state index contributed by atoms with van der Waals surface area (Å²) in [5, 5.41) is 5.37. The van der Waals surface area contributed by atoms with E-state index in [1.807, 2.05) is 12.1 Å². The minimum absolute atomic E-state index is 0.